The van der Waals surface area contributed by atoms with E-state index in [-0.39, 0.29) is 5.56 Å². The van der Waals surface area contributed by atoms with Gasteiger partial charge in [-0.2, -0.15) is 9.78 Å². The molecule has 1 heterocycles. The van der Waals surface area contributed by atoms with Crippen molar-refractivity contribution in [1.82, 2.24) is 9.66 Å². The fourth-order valence-electron chi connectivity index (χ4n) is 2.92. The van der Waals surface area contributed by atoms with Gasteiger partial charge < -0.3 is 5.73 Å². The zero-order valence-corrected chi connectivity index (χ0v) is 14.8. The van der Waals surface area contributed by atoms with Crippen LogP contribution in [0.15, 0.2) is 88.8 Å². The molecule has 0 aliphatic carbocycles. The first-order valence-corrected chi connectivity index (χ1v) is 8.62. The first-order valence-electron chi connectivity index (χ1n) is 8.62. The lowest BCUT2D eigenvalue weighted by Crippen LogP contribution is -2.21. The van der Waals surface area contributed by atoms with E-state index in [1.807, 2.05) is 79.7 Å². The summed E-state index contributed by atoms with van der Waals surface area (Å²) < 4.78 is 1.38. The quantitative estimate of drug-likeness (QED) is 0.448. The number of para-hydroxylation sites is 1. The van der Waals surface area contributed by atoms with Crippen LogP contribution < -0.4 is 11.3 Å². The third-order valence-corrected chi connectivity index (χ3v) is 4.36. The fourth-order valence-corrected chi connectivity index (χ4v) is 2.92. The number of nitrogens with zero attached hydrogens (tertiary/aromatic N) is 3. The van der Waals surface area contributed by atoms with E-state index >= 15 is 0 Å². The van der Waals surface area contributed by atoms with E-state index in [0.29, 0.717) is 28.1 Å². The van der Waals surface area contributed by atoms with Gasteiger partial charge in [0.1, 0.15) is 0 Å². The van der Waals surface area contributed by atoms with Crippen molar-refractivity contribution in [3.05, 3.63) is 94.8 Å². The molecule has 0 amide bonds. The largest absolute Gasteiger partial charge is 0.399 e. The van der Waals surface area contributed by atoms with E-state index in [1.54, 1.807) is 6.07 Å². The molecule has 3 aromatic carbocycles. The molecule has 0 radical (unpaired) electrons. The monoisotopic (exact) mass is 354 g/mol. The Morgan fingerprint density at radius 3 is 2.33 bits per heavy atom. The average Bonchev–Trinajstić information content (AvgIpc) is 2.71. The van der Waals surface area contributed by atoms with E-state index in [2.05, 4.69) is 5.10 Å². The SMILES string of the molecule is CC(=Nn1c(-c2ccccc2)nc2ccccc2c1=O)c1ccc(N)cc1. The molecular formula is C22H18N4O. The summed E-state index contributed by atoms with van der Waals surface area (Å²) in [5, 5.41) is 5.14. The zero-order valence-electron chi connectivity index (χ0n) is 14.8. The summed E-state index contributed by atoms with van der Waals surface area (Å²) in [7, 11) is 0. The maximum Gasteiger partial charge on any atom is 0.282 e. The first kappa shape index (κ1) is 16.7. The Labute approximate surface area is 156 Å². The third-order valence-electron chi connectivity index (χ3n) is 4.36. The normalized spacial score (nSPS) is 11.7. The van der Waals surface area contributed by atoms with Crippen molar-refractivity contribution in [2.24, 2.45) is 5.10 Å². The zero-order chi connectivity index (χ0) is 18.8. The highest BCUT2D eigenvalue weighted by Crippen LogP contribution is 2.19. The van der Waals surface area contributed by atoms with E-state index in [4.69, 9.17) is 10.7 Å². The fraction of sp³-hybridized carbons (Fsp3) is 0.0455. The standard InChI is InChI=1S/C22H18N4O/c1-15(16-11-13-18(23)14-12-16)25-26-21(17-7-3-2-4-8-17)24-20-10-6-5-9-19(20)22(26)27/h2-14H,23H2,1H3. The molecule has 0 saturated heterocycles. The Bertz CT molecular complexity index is 1190. The molecule has 5 nitrogen and oxygen atoms in total. The predicted octanol–water partition coefficient (Wildman–Crippen LogP) is 3.92. The maximum atomic E-state index is 13.1. The van der Waals surface area contributed by atoms with Gasteiger partial charge in [-0.1, -0.05) is 54.6 Å². The van der Waals surface area contributed by atoms with Gasteiger partial charge in [-0.15, -0.1) is 0 Å². The summed E-state index contributed by atoms with van der Waals surface area (Å²) >= 11 is 0. The summed E-state index contributed by atoms with van der Waals surface area (Å²) in [5.74, 6) is 0.508. The molecule has 132 valence electrons. The van der Waals surface area contributed by atoms with Gasteiger partial charge in [-0.25, -0.2) is 4.98 Å². The molecule has 0 fully saturated rings. The Hall–Kier alpha value is -3.73. The van der Waals surface area contributed by atoms with Gasteiger partial charge >= 0.3 is 0 Å². The van der Waals surface area contributed by atoms with Crippen LogP contribution in [0, 0.1) is 0 Å². The lowest BCUT2D eigenvalue weighted by Gasteiger charge is -2.11. The molecule has 5 heteroatoms. The number of aromatic nitrogens is 2. The van der Waals surface area contributed by atoms with Gasteiger partial charge in [0, 0.05) is 11.3 Å². The van der Waals surface area contributed by atoms with Crippen molar-refractivity contribution in [1.29, 1.82) is 0 Å². The minimum absolute atomic E-state index is 0.200. The molecule has 0 saturated carbocycles. The third kappa shape index (κ3) is 3.22. The number of anilines is 1. The van der Waals surface area contributed by atoms with Gasteiger partial charge in [0.2, 0.25) is 0 Å². The molecule has 0 atom stereocenters. The number of fused-ring (bicyclic) bond motifs is 1. The lowest BCUT2D eigenvalue weighted by atomic mass is 10.1. The van der Waals surface area contributed by atoms with Gasteiger partial charge in [0.25, 0.3) is 5.56 Å². The van der Waals surface area contributed by atoms with Crippen molar-refractivity contribution in [3.63, 3.8) is 0 Å². The van der Waals surface area contributed by atoms with Crippen LogP contribution in [0.4, 0.5) is 5.69 Å². The molecule has 0 unspecified atom stereocenters. The Morgan fingerprint density at radius 2 is 1.59 bits per heavy atom. The van der Waals surface area contributed by atoms with Crippen LogP contribution in [0.5, 0.6) is 0 Å². The summed E-state index contributed by atoms with van der Waals surface area (Å²) in [4.78, 5) is 17.8. The van der Waals surface area contributed by atoms with Gasteiger partial charge in [-0.05, 0) is 36.8 Å². The maximum absolute atomic E-state index is 13.1. The van der Waals surface area contributed by atoms with E-state index in [0.717, 1.165) is 11.1 Å². The Morgan fingerprint density at radius 1 is 0.926 bits per heavy atom. The number of hydrogen-bond acceptors (Lipinski definition) is 4. The topological polar surface area (TPSA) is 73.3 Å². The number of nitrogen functional groups attached to an aromatic ring is 1. The molecule has 0 spiro atoms. The van der Waals surface area contributed by atoms with E-state index in [9.17, 15) is 4.79 Å². The first-order chi connectivity index (χ1) is 13.1. The van der Waals surface area contributed by atoms with Gasteiger partial charge in [0.05, 0.1) is 16.6 Å². The highest BCUT2D eigenvalue weighted by atomic mass is 16.1. The van der Waals surface area contributed by atoms with Crippen molar-refractivity contribution in [3.8, 4) is 11.4 Å². The molecule has 2 N–H and O–H groups in total. The van der Waals surface area contributed by atoms with Crippen LogP contribution in [0.25, 0.3) is 22.3 Å². The highest BCUT2D eigenvalue weighted by molar-refractivity contribution is 5.99. The van der Waals surface area contributed by atoms with Crippen molar-refractivity contribution >= 4 is 22.3 Å². The molecule has 4 aromatic rings. The minimum Gasteiger partial charge on any atom is -0.399 e. The summed E-state index contributed by atoms with van der Waals surface area (Å²) in [5.41, 5.74) is 9.31. The number of hydrogen-bond donors (Lipinski definition) is 1. The van der Waals surface area contributed by atoms with Crippen LogP contribution in [-0.4, -0.2) is 15.4 Å². The van der Waals surface area contributed by atoms with E-state index in [1.165, 1.54) is 4.68 Å². The number of rotatable bonds is 3. The second-order valence-electron chi connectivity index (χ2n) is 6.24. The summed E-state index contributed by atoms with van der Waals surface area (Å²) in [6.45, 7) is 1.86. The van der Waals surface area contributed by atoms with Crippen LogP contribution >= 0.6 is 0 Å². The smallest absolute Gasteiger partial charge is 0.282 e. The summed E-state index contributed by atoms with van der Waals surface area (Å²) in [6, 6.07) is 24.3. The molecule has 27 heavy (non-hydrogen) atoms. The minimum atomic E-state index is -0.200. The van der Waals surface area contributed by atoms with Crippen molar-refractivity contribution < 1.29 is 0 Å². The van der Waals surface area contributed by atoms with Crippen LogP contribution in [0.3, 0.4) is 0 Å². The van der Waals surface area contributed by atoms with Crippen LogP contribution in [0.2, 0.25) is 0 Å². The van der Waals surface area contributed by atoms with Crippen LogP contribution in [-0.2, 0) is 0 Å². The average molecular weight is 354 g/mol. The van der Waals surface area contributed by atoms with E-state index < -0.39 is 0 Å². The van der Waals surface area contributed by atoms with Crippen LogP contribution in [0.1, 0.15) is 12.5 Å². The lowest BCUT2D eigenvalue weighted by molar-refractivity contribution is 0.824. The molecular weight excluding hydrogens is 336 g/mol. The molecule has 0 bridgehead atoms. The second-order valence-corrected chi connectivity index (χ2v) is 6.24. The Balaban J connectivity index is 1.98. The Kier molecular flexibility index (Phi) is 4.26. The highest BCUT2D eigenvalue weighted by Gasteiger charge is 2.12. The van der Waals surface area contributed by atoms with Crippen molar-refractivity contribution in [2.75, 3.05) is 5.73 Å². The van der Waals surface area contributed by atoms with Crippen molar-refractivity contribution in [2.45, 2.75) is 6.92 Å². The van der Waals surface area contributed by atoms with Gasteiger partial charge in [-0.3, -0.25) is 4.79 Å². The number of benzene rings is 3. The molecule has 1 aromatic heterocycles. The predicted molar refractivity (Wildman–Crippen MR) is 110 cm³/mol. The molecule has 4 rings (SSSR count). The van der Waals surface area contributed by atoms with Gasteiger partial charge in [0.15, 0.2) is 5.82 Å². The summed E-state index contributed by atoms with van der Waals surface area (Å²) in [6.07, 6.45) is 0. The molecule has 0 aliphatic rings. The number of nitrogens with two attached hydrogens (primary N) is 1. The second kappa shape index (κ2) is 6.88. The molecule has 0 aliphatic heterocycles.